The zero-order chi connectivity index (χ0) is 9.11. The van der Waals surface area contributed by atoms with Crippen LogP contribution in [0.4, 0.5) is 4.79 Å². The second-order valence-electron chi connectivity index (χ2n) is 1.40. The molecule has 0 amide bonds. The number of rotatable bonds is 3. The molecule has 0 bridgehead atoms. The molecule has 6 heteroatoms. The van der Waals surface area contributed by atoms with Gasteiger partial charge >= 0.3 is 0 Å². The van der Waals surface area contributed by atoms with Crippen molar-refractivity contribution in [2.75, 3.05) is 26.4 Å². The molecule has 0 aliphatic heterocycles. The van der Waals surface area contributed by atoms with Crippen molar-refractivity contribution in [1.82, 2.24) is 0 Å². The normalized spacial score (nSPS) is 7.91. The van der Waals surface area contributed by atoms with Gasteiger partial charge in [-0.2, -0.15) is 0 Å². The van der Waals surface area contributed by atoms with Gasteiger partial charge in [-0.15, -0.1) is 0 Å². The topological polar surface area (TPSA) is 117 Å². The highest BCUT2D eigenvalue weighted by molar-refractivity contribution is 5.53. The fraction of sp³-hybridized carbons (Fsp3) is 0.800. The van der Waals surface area contributed by atoms with E-state index in [4.69, 9.17) is 10.2 Å². The molecule has 0 aliphatic carbocycles. The predicted molar refractivity (Wildman–Crippen MR) is 33.3 cm³/mol. The molecule has 0 fully saturated rings. The van der Waals surface area contributed by atoms with Crippen LogP contribution < -0.4 is 10.8 Å². The number of quaternary nitrogens is 1. The van der Waals surface area contributed by atoms with E-state index in [1.165, 1.54) is 0 Å². The molecule has 0 atom stereocenters. The van der Waals surface area contributed by atoms with Crippen molar-refractivity contribution >= 4 is 6.16 Å². The minimum absolute atomic E-state index is 0.206. The molecule has 0 unspecified atom stereocenters. The summed E-state index contributed by atoms with van der Waals surface area (Å²) < 4.78 is 3.75. The van der Waals surface area contributed by atoms with Gasteiger partial charge in [-0.1, -0.05) is 0 Å². The molecule has 0 heterocycles. The molecule has 0 aromatic carbocycles. The Bertz CT molecular complexity index is 84.9. The van der Waals surface area contributed by atoms with E-state index < -0.39 is 6.16 Å². The molecule has 0 rings (SSSR count). The van der Waals surface area contributed by atoms with E-state index >= 15 is 0 Å². The molecular formula is C5H13NO5. The van der Waals surface area contributed by atoms with Crippen LogP contribution in [0.25, 0.3) is 0 Å². The summed E-state index contributed by atoms with van der Waals surface area (Å²) in [4.78, 5) is 9.31. The van der Waals surface area contributed by atoms with E-state index in [2.05, 4.69) is 10.5 Å². The lowest BCUT2D eigenvalue weighted by Gasteiger charge is -2.02. The largest absolute Gasteiger partial charge is 0.547 e. The summed E-state index contributed by atoms with van der Waals surface area (Å²) in [5.41, 5.74) is 3.35. The molecule has 0 spiro atoms. The lowest BCUT2D eigenvalue weighted by molar-refractivity contribution is -0.372. The second kappa shape index (κ2) is 11.9. The Morgan fingerprint density at radius 1 is 1.45 bits per heavy atom. The van der Waals surface area contributed by atoms with Gasteiger partial charge in [-0.25, -0.2) is 0 Å². The van der Waals surface area contributed by atoms with Crippen LogP contribution in [0.2, 0.25) is 0 Å². The van der Waals surface area contributed by atoms with Crippen LogP contribution in [0.15, 0.2) is 0 Å². The highest BCUT2D eigenvalue weighted by Gasteiger charge is 1.77. The molecule has 5 N–H and O–H groups in total. The number of hydrogen-bond donors (Lipinski definition) is 3. The van der Waals surface area contributed by atoms with Gasteiger partial charge in [0.15, 0.2) is 0 Å². The third-order valence-corrected chi connectivity index (χ3v) is 0.469. The van der Waals surface area contributed by atoms with E-state index in [0.29, 0.717) is 6.54 Å². The zero-order valence-corrected chi connectivity index (χ0v) is 6.15. The van der Waals surface area contributed by atoms with Crippen LogP contribution in [-0.2, 0) is 4.74 Å². The van der Waals surface area contributed by atoms with E-state index in [1.54, 1.807) is 0 Å². The van der Waals surface area contributed by atoms with E-state index in [-0.39, 0.29) is 19.8 Å². The maximum absolute atomic E-state index is 9.31. The van der Waals surface area contributed by atoms with E-state index in [1.807, 2.05) is 0 Å². The second-order valence-corrected chi connectivity index (χ2v) is 1.40. The highest BCUT2D eigenvalue weighted by Crippen LogP contribution is 1.67. The lowest BCUT2D eigenvalue weighted by atomic mass is 10.8. The van der Waals surface area contributed by atoms with Crippen LogP contribution >= 0.6 is 0 Å². The number of aliphatic hydroxyl groups excluding tert-OH is 2. The first-order chi connectivity index (χ1) is 5.18. The number of hydrogen-bond acceptors (Lipinski definition) is 5. The van der Waals surface area contributed by atoms with Crippen LogP contribution in [-0.4, -0.2) is 42.7 Å². The van der Waals surface area contributed by atoms with Gasteiger partial charge in [-0.05, 0) is 0 Å². The van der Waals surface area contributed by atoms with Crippen LogP contribution in [0.3, 0.4) is 0 Å². The lowest BCUT2D eigenvalue weighted by Crippen LogP contribution is -2.51. The average molecular weight is 167 g/mol. The van der Waals surface area contributed by atoms with Crippen molar-refractivity contribution in [3.8, 4) is 0 Å². The number of carbonyl (C=O) groups excluding carboxylic acids is 1. The van der Waals surface area contributed by atoms with Gasteiger partial charge in [0, 0.05) is 0 Å². The van der Waals surface area contributed by atoms with Crippen LogP contribution in [0.1, 0.15) is 0 Å². The van der Waals surface area contributed by atoms with E-state index in [9.17, 15) is 9.90 Å². The summed E-state index contributed by atoms with van der Waals surface area (Å²) in [6.07, 6.45) is -1.60. The van der Waals surface area contributed by atoms with Crippen LogP contribution in [0.5, 0.6) is 0 Å². The predicted octanol–water partition coefficient (Wildman–Crippen LogP) is -3.44. The average Bonchev–Trinajstić information content (AvgIpc) is 2.01. The minimum atomic E-state index is -1.60. The number of ether oxygens (including phenoxy) is 1. The Balaban J connectivity index is 0. The van der Waals surface area contributed by atoms with Crippen molar-refractivity contribution < 1.29 is 30.6 Å². The van der Waals surface area contributed by atoms with Gasteiger partial charge in [-0.3, -0.25) is 0 Å². The minimum Gasteiger partial charge on any atom is -0.547 e. The standard InChI is InChI=1S/C3H6O4.C2H7NO/c4-1-2-7-3(5)6;3-1-2-4/h4H,1-2H2,(H,5,6);4H,1-3H2. The Hall–Kier alpha value is -0.850. The molecule has 11 heavy (non-hydrogen) atoms. The van der Waals surface area contributed by atoms with Gasteiger partial charge in [0.05, 0.1) is 26.4 Å². The van der Waals surface area contributed by atoms with Crippen molar-refractivity contribution in [2.24, 2.45) is 0 Å². The summed E-state index contributed by atoms with van der Waals surface area (Å²) in [5.74, 6) is 0. The summed E-state index contributed by atoms with van der Waals surface area (Å²) in [6, 6.07) is 0. The Morgan fingerprint density at radius 2 is 1.91 bits per heavy atom. The smallest absolute Gasteiger partial charge is 0.252 e. The quantitative estimate of drug-likeness (QED) is 0.378. The van der Waals surface area contributed by atoms with Gasteiger partial charge in [0.2, 0.25) is 0 Å². The Labute approximate surface area is 64.2 Å². The van der Waals surface area contributed by atoms with Gasteiger partial charge in [0.1, 0.15) is 0 Å². The molecule has 0 radical (unpaired) electrons. The van der Waals surface area contributed by atoms with Crippen molar-refractivity contribution in [2.45, 2.75) is 0 Å². The first-order valence-corrected chi connectivity index (χ1v) is 3.03. The highest BCUT2D eigenvalue weighted by atomic mass is 16.7. The maximum atomic E-state index is 9.31. The van der Waals surface area contributed by atoms with Gasteiger partial charge < -0.3 is 30.6 Å². The molecule has 0 aromatic rings. The van der Waals surface area contributed by atoms with Crippen molar-refractivity contribution in [3.05, 3.63) is 0 Å². The third kappa shape index (κ3) is 27.2. The molecule has 0 aromatic heterocycles. The van der Waals surface area contributed by atoms with Crippen molar-refractivity contribution in [1.29, 1.82) is 0 Å². The van der Waals surface area contributed by atoms with Gasteiger partial charge in [0.25, 0.3) is 6.16 Å². The Morgan fingerprint density at radius 3 is 2.00 bits per heavy atom. The number of aliphatic hydroxyl groups is 2. The van der Waals surface area contributed by atoms with E-state index in [0.717, 1.165) is 0 Å². The number of carboxylic acid groups (broad SMARTS) is 1. The summed E-state index contributed by atoms with van der Waals surface area (Å²) in [5, 5.41) is 25.0. The summed E-state index contributed by atoms with van der Waals surface area (Å²) >= 11 is 0. The van der Waals surface area contributed by atoms with Crippen LogP contribution in [0, 0.1) is 0 Å². The monoisotopic (exact) mass is 167 g/mol. The summed E-state index contributed by atoms with van der Waals surface area (Å²) in [6.45, 7) is 0.330. The molecule has 0 saturated carbocycles. The molecular weight excluding hydrogens is 154 g/mol. The third-order valence-electron chi connectivity index (χ3n) is 0.469. The first-order valence-electron chi connectivity index (χ1n) is 3.03. The zero-order valence-electron chi connectivity index (χ0n) is 6.15. The molecule has 0 aliphatic rings. The summed E-state index contributed by atoms with van der Waals surface area (Å²) in [7, 11) is 0. The SMILES string of the molecule is O=C([O-])OCCO.[NH3+]CCO. The fourth-order valence-corrected chi connectivity index (χ4v) is 0.129. The molecule has 0 saturated heterocycles. The number of carbonyl (C=O) groups is 1. The maximum Gasteiger partial charge on any atom is 0.252 e. The Kier molecular flexibility index (Phi) is 13.8. The van der Waals surface area contributed by atoms with Crippen molar-refractivity contribution in [3.63, 3.8) is 0 Å². The first kappa shape index (κ1) is 12.8. The molecule has 6 nitrogen and oxygen atoms in total. The molecule has 68 valence electrons. The fourth-order valence-electron chi connectivity index (χ4n) is 0.129.